The molecule has 6 heteroatoms. The summed E-state index contributed by atoms with van der Waals surface area (Å²) in [5.41, 5.74) is 0.984. The zero-order valence-electron chi connectivity index (χ0n) is 14.8. The first-order valence-electron chi connectivity index (χ1n) is 9.05. The summed E-state index contributed by atoms with van der Waals surface area (Å²) in [4.78, 5) is 25.8. The highest BCUT2D eigenvalue weighted by Gasteiger charge is 2.21. The van der Waals surface area contributed by atoms with E-state index in [-0.39, 0.29) is 24.5 Å². The highest BCUT2D eigenvalue weighted by molar-refractivity contribution is 5.78. The molecule has 1 aromatic rings. The Morgan fingerprint density at radius 2 is 1.92 bits per heavy atom. The van der Waals surface area contributed by atoms with Crippen molar-refractivity contribution in [2.75, 3.05) is 19.9 Å². The van der Waals surface area contributed by atoms with Gasteiger partial charge in [-0.05, 0) is 30.5 Å². The maximum atomic E-state index is 12.2. The van der Waals surface area contributed by atoms with Gasteiger partial charge in [-0.25, -0.2) is 0 Å². The average molecular weight is 346 g/mol. The number of nitrogens with zero attached hydrogens (tertiary/aromatic N) is 1. The molecule has 0 bridgehead atoms. The maximum absolute atomic E-state index is 12.2. The number of carbonyl (C=O) groups is 2. The first-order chi connectivity index (χ1) is 12.1. The fourth-order valence-corrected chi connectivity index (χ4v) is 3.43. The molecule has 0 saturated heterocycles. The van der Waals surface area contributed by atoms with Crippen LogP contribution in [-0.4, -0.2) is 36.6 Å². The Bertz CT molecular complexity index is 626. The molecule has 0 unspecified atom stereocenters. The number of ether oxygens (including phenoxy) is 2. The second kappa shape index (κ2) is 8.23. The monoisotopic (exact) mass is 346 g/mol. The van der Waals surface area contributed by atoms with Gasteiger partial charge in [-0.3, -0.25) is 9.59 Å². The molecular formula is C19H26N2O4. The normalized spacial score (nSPS) is 16.5. The zero-order chi connectivity index (χ0) is 17.6. The SMILES string of the molecule is CC(=O)N(CCNC(=O)C1CCCCC1)Cc1ccc2c(c1)OCO2. The maximum Gasteiger partial charge on any atom is 0.231 e. The number of rotatable bonds is 6. The van der Waals surface area contributed by atoms with E-state index >= 15 is 0 Å². The Morgan fingerprint density at radius 1 is 1.16 bits per heavy atom. The van der Waals surface area contributed by atoms with Gasteiger partial charge in [-0.1, -0.05) is 25.3 Å². The minimum Gasteiger partial charge on any atom is -0.454 e. The quantitative estimate of drug-likeness (QED) is 0.859. The van der Waals surface area contributed by atoms with Crippen molar-refractivity contribution in [3.63, 3.8) is 0 Å². The third-order valence-electron chi connectivity index (χ3n) is 4.91. The van der Waals surface area contributed by atoms with Gasteiger partial charge in [0, 0.05) is 32.5 Å². The van der Waals surface area contributed by atoms with Gasteiger partial charge in [0.05, 0.1) is 0 Å². The van der Waals surface area contributed by atoms with E-state index in [0.29, 0.717) is 25.4 Å². The first kappa shape index (κ1) is 17.6. The van der Waals surface area contributed by atoms with Crippen LogP contribution in [0.3, 0.4) is 0 Å². The Labute approximate surface area is 148 Å². The van der Waals surface area contributed by atoms with Gasteiger partial charge in [-0.2, -0.15) is 0 Å². The number of amides is 2. The van der Waals surface area contributed by atoms with Crippen LogP contribution in [0.2, 0.25) is 0 Å². The van der Waals surface area contributed by atoms with Crippen molar-refractivity contribution in [1.82, 2.24) is 10.2 Å². The smallest absolute Gasteiger partial charge is 0.231 e. The van der Waals surface area contributed by atoms with Gasteiger partial charge in [0.1, 0.15) is 0 Å². The van der Waals surface area contributed by atoms with E-state index in [0.717, 1.165) is 37.0 Å². The van der Waals surface area contributed by atoms with E-state index < -0.39 is 0 Å². The van der Waals surface area contributed by atoms with Gasteiger partial charge in [0.25, 0.3) is 0 Å². The second-order valence-corrected chi connectivity index (χ2v) is 6.75. The summed E-state index contributed by atoms with van der Waals surface area (Å²) in [6.07, 6.45) is 5.49. The predicted molar refractivity (Wildman–Crippen MR) is 93.2 cm³/mol. The van der Waals surface area contributed by atoms with Gasteiger partial charge in [0.2, 0.25) is 18.6 Å². The molecule has 1 fully saturated rings. The predicted octanol–water partition coefficient (Wildman–Crippen LogP) is 2.46. The summed E-state index contributed by atoms with van der Waals surface area (Å²) < 4.78 is 10.7. The van der Waals surface area contributed by atoms with Crippen LogP contribution in [0.15, 0.2) is 18.2 Å². The minimum absolute atomic E-state index is 0.00965. The molecule has 1 saturated carbocycles. The van der Waals surface area contributed by atoms with Crippen LogP contribution in [-0.2, 0) is 16.1 Å². The average Bonchev–Trinajstić information content (AvgIpc) is 3.09. The molecule has 1 heterocycles. The summed E-state index contributed by atoms with van der Waals surface area (Å²) in [6.45, 7) is 3.27. The number of hydrogen-bond donors (Lipinski definition) is 1. The van der Waals surface area contributed by atoms with Crippen LogP contribution in [0, 0.1) is 5.92 Å². The molecule has 6 nitrogen and oxygen atoms in total. The van der Waals surface area contributed by atoms with Crippen LogP contribution in [0.5, 0.6) is 11.5 Å². The summed E-state index contributed by atoms with van der Waals surface area (Å²) >= 11 is 0. The van der Waals surface area contributed by atoms with Crippen LogP contribution in [0.25, 0.3) is 0 Å². The van der Waals surface area contributed by atoms with Gasteiger partial charge in [0.15, 0.2) is 11.5 Å². The van der Waals surface area contributed by atoms with E-state index in [2.05, 4.69) is 5.32 Å². The summed E-state index contributed by atoms with van der Waals surface area (Å²) in [6, 6.07) is 5.70. The Kier molecular flexibility index (Phi) is 5.79. The van der Waals surface area contributed by atoms with Crippen molar-refractivity contribution in [2.24, 2.45) is 5.92 Å². The van der Waals surface area contributed by atoms with Crippen LogP contribution < -0.4 is 14.8 Å². The van der Waals surface area contributed by atoms with E-state index in [1.807, 2.05) is 18.2 Å². The molecule has 1 aliphatic carbocycles. The number of benzene rings is 1. The van der Waals surface area contributed by atoms with Gasteiger partial charge in [-0.15, -0.1) is 0 Å². The summed E-state index contributed by atoms with van der Waals surface area (Å²) in [7, 11) is 0. The molecule has 1 aromatic carbocycles. The molecule has 0 spiro atoms. The lowest BCUT2D eigenvalue weighted by molar-refractivity contribution is -0.130. The number of fused-ring (bicyclic) bond motifs is 1. The van der Waals surface area contributed by atoms with Crippen molar-refractivity contribution in [3.05, 3.63) is 23.8 Å². The minimum atomic E-state index is -0.00965. The molecule has 0 atom stereocenters. The zero-order valence-corrected chi connectivity index (χ0v) is 14.8. The largest absolute Gasteiger partial charge is 0.454 e. The lowest BCUT2D eigenvalue weighted by atomic mass is 9.89. The molecule has 25 heavy (non-hydrogen) atoms. The van der Waals surface area contributed by atoms with E-state index in [1.165, 1.54) is 6.42 Å². The molecule has 2 amide bonds. The Morgan fingerprint density at radius 3 is 2.68 bits per heavy atom. The first-order valence-corrected chi connectivity index (χ1v) is 9.05. The van der Waals surface area contributed by atoms with Gasteiger partial charge >= 0.3 is 0 Å². The summed E-state index contributed by atoms with van der Waals surface area (Å²) in [5, 5.41) is 2.99. The molecule has 0 aromatic heterocycles. The molecule has 2 aliphatic rings. The van der Waals surface area contributed by atoms with Crippen molar-refractivity contribution in [3.8, 4) is 11.5 Å². The van der Waals surface area contributed by atoms with Gasteiger partial charge < -0.3 is 19.7 Å². The Hall–Kier alpha value is -2.24. The highest BCUT2D eigenvalue weighted by atomic mass is 16.7. The van der Waals surface area contributed by atoms with Crippen molar-refractivity contribution in [2.45, 2.75) is 45.6 Å². The van der Waals surface area contributed by atoms with Crippen LogP contribution >= 0.6 is 0 Å². The van der Waals surface area contributed by atoms with Crippen LogP contribution in [0.1, 0.15) is 44.6 Å². The van der Waals surface area contributed by atoms with Crippen molar-refractivity contribution < 1.29 is 19.1 Å². The fraction of sp³-hybridized carbons (Fsp3) is 0.579. The van der Waals surface area contributed by atoms with Crippen LogP contribution in [0.4, 0.5) is 0 Å². The lowest BCUT2D eigenvalue weighted by Crippen LogP contribution is -2.39. The second-order valence-electron chi connectivity index (χ2n) is 6.75. The number of carbonyl (C=O) groups excluding carboxylic acids is 2. The van der Waals surface area contributed by atoms with E-state index in [9.17, 15) is 9.59 Å². The van der Waals surface area contributed by atoms with E-state index in [4.69, 9.17) is 9.47 Å². The fourth-order valence-electron chi connectivity index (χ4n) is 3.43. The standard InChI is InChI=1S/C19H26N2O4/c1-14(22)21(10-9-20-19(23)16-5-3-2-4-6-16)12-15-7-8-17-18(11-15)25-13-24-17/h7-8,11,16H,2-6,9-10,12-13H2,1H3,(H,20,23). The Balaban J connectivity index is 1.49. The third-order valence-corrected chi connectivity index (χ3v) is 4.91. The van der Waals surface area contributed by atoms with E-state index in [1.54, 1.807) is 11.8 Å². The molecule has 0 radical (unpaired) electrons. The molecular weight excluding hydrogens is 320 g/mol. The number of nitrogens with one attached hydrogen (secondary N) is 1. The molecule has 1 N–H and O–H groups in total. The molecule has 1 aliphatic heterocycles. The molecule has 3 rings (SSSR count). The van der Waals surface area contributed by atoms with Crippen molar-refractivity contribution in [1.29, 1.82) is 0 Å². The summed E-state index contributed by atoms with van der Waals surface area (Å²) in [5.74, 6) is 1.72. The topological polar surface area (TPSA) is 67.9 Å². The third kappa shape index (κ3) is 4.65. The lowest BCUT2D eigenvalue weighted by Gasteiger charge is -2.24. The molecule has 136 valence electrons. The van der Waals surface area contributed by atoms with Crippen molar-refractivity contribution >= 4 is 11.8 Å². The number of hydrogen-bond acceptors (Lipinski definition) is 4. The highest BCUT2D eigenvalue weighted by Crippen LogP contribution is 2.32.